The highest BCUT2D eigenvalue weighted by Gasteiger charge is 2.35. The monoisotopic (exact) mass is 819 g/mol. The van der Waals surface area contributed by atoms with Crippen LogP contribution < -0.4 is 0 Å². The molecule has 2 heterocycles. The molecule has 4 heteroatoms. The molecule has 11 aromatic rings. The van der Waals surface area contributed by atoms with Crippen LogP contribution in [0.5, 0.6) is 0 Å². The minimum absolute atomic E-state index is 0.0476. The predicted molar refractivity (Wildman–Crippen MR) is 263 cm³/mol. The smallest absolute Gasteiger partial charge is 0.164 e. The zero-order valence-corrected chi connectivity index (χ0v) is 35.5. The number of nitrogens with zero attached hydrogens (tertiary/aromatic N) is 3. The molecule has 4 nitrogen and oxygen atoms in total. The quantitative estimate of drug-likeness (QED) is 0.161. The number of benzene rings is 9. The Morgan fingerprint density at radius 3 is 1.58 bits per heavy atom. The summed E-state index contributed by atoms with van der Waals surface area (Å²) in [6, 6.07) is 74.9. The van der Waals surface area contributed by atoms with Gasteiger partial charge in [-0.1, -0.05) is 196 Å². The normalized spacial score (nSPS) is 12.7. The van der Waals surface area contributed by atoms with Crippen molar-refractivity contribution in [1.82, 2.24) is 15.0 Å². The van der Waals surface area contributed by atoms with Crippen molar-refractivity contribution in [3.8, 4) is 89.8 Å². The van der Waals surface area contributed by atoms with E-state index in [9.17, 15) is 0 Å². The van der Waals surface area contributed by atoms with E-state index < -0.39 is 0 Å². The molecule has 0 fully saturated rings. The molecular weight excluding hydrogens is 779 g/mol. The lowest BCUT2D eigenvalue weighted by molar-refractivity contribution is 0.660. The molecule has 1 aliphatic carbocycles. The molecule has 9 aromatic carbocycles. The second-order valence-corrected chi connectivity index (χ2v) is 17.2. The fraction of sp³-hybridized carbons (Fsp3) is 0.0500. The molecule has 12 rings (SSSR count). The Bertz CT molecular complexity index is 3570. The lowest BCUT2D eigenvalue weighted by Gasteiger charge is -2.22. The zero-order valence-electron chi connectivity index (χ0n) is 35.5. The van der Waals surface area contributed by atoms with E-state index in [0.29, 0.717) is 17.5 Å². The molecule has 1 aliphatic rings. The molecule has 302 valence electrons. The summed E-state index contributed by atoms with van der Waals surface area (Å²) in [6.07, 6.45) is 0. The third kappa shape index (κ3) is 6.34. The number of rotatable bonds is 7. The maximum Gasteiger partial charge on any atom is 0.164 e. The van der Waals surface area contributed by atoms with Crippen molar-refractivity contribution in [3.63, 3.8) is 0 Å². The Kier molecular flexibility index (Phi) is 8.80. The minimum atomic E-state index is -0.0476. The molecule has 0 unspecified atom stereocenters. The van der Waals surface area contributed by atoms with E-state index in [0.717, 1.165) is 72.0 Å². The first kappa shape index (κ1) is 37.5. The van der Waals surface area contributed by atoms with Gasteiger partial charge in [0.1, 0.15) is 11.2 Å². The Balaban J connectivity index is 0.970. The van der Waals surface area contributed by atoms with Gasteiger partial charge in [-0.05, 0) is 97.1 Å². The molecule has 0 spiro atoms. The topological polar surface area (TPSA) is 51.8 Å². The van der Waals surface area contributed by atoms with Crippen LogP contribution in [0.15, 0.2) is 217 Å². The maximum absolute atomic E-state index is 6.56. The van der Waals surface area contributed by atoms with E-state index >= 15 is 0 Å². The molecule has 0 aliphatic heterocycles. The summed E-state index contributed by atoms with van der Waals surface area (Å²) in [4.78, 5) is 15.8. The van der Waals surface area contributed by atoms with Crippen LogP contribution in [-0.2, 0) is 5.41 Å². The first-order valence-electron chi connectivity index (χ1n) is 21.8. The molecule has 0 saturated heterocycles. The Hall–Kier alpha value is -8.21. The van der Waals surface area contributed by atoms with Crippen molar-refractivity contribution in [3.05, 3.63) is 223 Å². The summed E-state index contributed by atoms with van der Waals surface area (Å²) < 4.78 is 6.56. The van der Waals surface area contributed by atoms with Gasteiger partial charge in [0.25, 0.3) is 0 Å². The molecule has 2 aromatic heterocycles. The fourth-order valence-corrected chi connectivity index (χ4v) is 9.69. The predicted octanol–water partition coefficient (Wildman–Crippen LogP) is 15.7. The lowest BCUT2D eigenvalue weighted by atomic mass is 9.81. The summed E-state index contributed by atoms with van der Waals surface area (Å²) in [6.45, 7) is 4.67. The molecule has 0 saturated carbocycles. The van der Waals surface area contributed by atoms with Gasteiger partial charge in [0.15, 0.2) is 17.5 Å². The van der Waals surface area contributed by atoms with Gasteiger partial charge in [0, 0.05) is 32.9 Å². The Morgan fingerprint density at radius 1 is 0.312 bits per heavy atom. The van der Waals surface area contributed by atoms with Crippen molar-refractivity contribution in [2.24, 2.45) is 0 Å². The van der Waals surface area contributed by atoms with Crippen molar-refractivity contribution in [2.45, 2.75) is 19.3 Å². The third-order valence-corrected chi connectivity index (χ3v) is 13.0. The summed E-state index contributed by atoms with van der Waals surface area (Å²) in [5, 5.41) is 1.97. The minimum Gasteiger partial charge on any atom is -0.456 e. The van der Waals surface area contributed by atoms with Gasteiger partial charge in [-0.15, -0.1) is 0 Å². The molecule has 0 atom stereocenters. The van der Waals surface area contributed by atoms with Crippen molar-refractivity contribution in [1.29, 1.82) is 0 Å². The largest absolute Gasteiger partial charge is 0.456 e. The Labute approximate surface area is 372 Å². The van der Waals surface area contributed by atoms with Crippen LogP contribution in [0.3, 0.4) is 0 Å². The van der Waals surface area contributed by atoms with Crippen LogP contribution in [0.4, 0.5) is 0 Å². The molecule has 0 radical (unpaired) electrons. The van der Waals surface area contributed by atoms with E-state index in [1.807, 2.05) is 30.3 Å². The van der Waals surface area contributed by atoms with Gasteiger partial charge in [0.05, 0.1) is 0 Å². The van der Waals surface area contributed by atoms with Crippen molar-refractivity contribution >= 4 is 21.9 Å². The number of furan rings is 1. The van der Waals surface area contributed by atoms with Crippen molar-refractivity contribution in [2.75, 3.05) is 0 Å². The third-order valence-electron chi connectivity index (χ3n) is 13.0. The first-order valence-corrected chi connectivity index (χ1v) is 21.8. The summed E-state index contributed by atoms with van der Waals surface area (Å²) in [5.41, 5.74) is 18.7. The highest BCUT2D eigenvalue weighted by atomic mass is 16.3. The molecular formula is C60H41N3O. The average molecular weight is 820 g/mol. The maximum atomic E-state index is 6.56. The SMILES string of the molecule is CC1(C)c2ccccc2-c2ccc(-c3ccc(-c4ccc5oc6cccc(-c7nc(-c8cccc(-c9ccccc9)c8)nc(-c8ccccc8-c8ccccc8)n7)c6c5c4)cc3)cc21. The van der Waals surface area contributed by atoms with Gasteiger partial charge in [-0.25, -0.2) is 15.0 Å². The summed E-state index contributed by atoms with van der Waals surface area (Å²) in [5.74, 6) is 1.78. The van der Waals surface area contributed by atoms with Gasteiger partial charge >= 0.3 is 0 Å². The summed E-state index contributed by atoms with van der Waals surface area (Å²) in [7, 11) is 0. The lowest BCUT2D eigenvalue weighted by Crippen LogP contribution is -2.14. The second kappa shape index (κ2) is 15.0. The van der Waals surface area contributed by atoms with Gasteiger partial charge < -0.3 is 4.42 Å². The highest BCUT2D eigenvalue weighted by Crippen LogP contribution is 2.49. The number of aromatic nitrogens is 3. The molecule has 64 heavy (non-hydrogen) atoms. The number of fused-ring (bicyclic) bond motifs is 6. The molecule has 0 bridgehead atoms. The molecule has 0 N–H and O–H groups in total. The summed E-state index contributed by atoms with van der Waals surface area (Å²) >= 11 is 0. The van der Waals surface area contributed by atoms with Gasteiger partial charge in [-0.3, -0.25) is 0 Å². The second-order valence-electron chi connectivity index (χ2n) is 17.2. The first-order chi connectivity index (χ1) is 31.5. The number of hydrogen-bond acceptors (Lipinski definition) is 4. The van der Waals surface area contributed by atoms with Crippen LogP contribution >= 0.6 is 0 Å². The Morgan fingerprint density at radius 2 is 0.812 bits per heavy atom. The zero-order chi connectivity index (χ0) is 42.8. The van der Waals surface area contributed by atoms with Gasteiger partial charge in [0.2, 0.25) is 0 Å². The average Bonchev–Trinajstić information content (AvgIpc) is 3.85. The van der Waals surface area contributed by atoms with E-state index in [1.165, 1.54) is 33.4 Å². The van der Waals surface area contributed by atoms with Crippen LogP contribution in [0.2, 0.25) is 0 Å². The van der Waals surface area contributed by atoms with Crippen LogP contribution in [0.25, 0.3) is 112 Å². The fourth-order valence-electron chi connectivity index (χ4n) is 9.69. The van der Waals surface area contributed by atoms with Crippen LogP contribution in [0, 0.1) is 0 Å². The molecule has 0 amide bonds. The standard InChI is InChI=1S/C60H41N3O/c1-60(2)52-25-12-11-22-47(52)48-33-31-44(37-53(48)60)40-29-27-39(28-30-40)43-32-34-54-51(36-43)56-50(24-14-26-55(56)64-54)59-62-57(45-20-13-19-42(35-45)38-15-5-3-6-16-38)61-58(63-59)49-23-10-9-21-46(49)41-17-7-4-8-18-41/h3-37H,1-2H3. The highest BCUT2D eigenvalue weighted by molar-refractivity contribution is 6.13. The van der Waals surface area contributed by atoms with E-state index in [1.54, 1.807) is 0 Å². The van der Waals surface area contributed by atoms with E-state index in [2.05, 4.69) is 196 Å². The number of hydrogen-bond donors (Lipinski definition) is 0. The van der Waals surface area contributed by atoms with Crippen molar-refractivity contribution < 1.29 is 4.42 Å². The van der Waals surface area contributed by atoms with Gasteiger partial charge in [-0.2, -0.15) is 0 Å². The van der Waals surface area contributed by atoms with E-state index in [4.69, 9.17) is 19.4 Å². The van der Waals surface area contributed by atoms with E-state index in [-0.39, 0.29) is 5.41 Å². The van der Waals surface area contributed by atoms with Crippen LogP contribution in [-0.4, -0.2) is 15.0 Å². The van der Waals surface area contributed by atoms with Crippen LogP contribution in [0.1, 0.15) is 25.0 Å².